The van der Waals surface area contributed by atoms with Gasteiger partial charge in [-0.1, -0.05) is 24.3 Å². The van der Waals surface area contributed by atoms with Crippen molar-refractivity contribution in [1.29, 1.82) is 0 Å². The lowest BCUT2D eigenvalue weighted by atomic mass is 10.0. The van der Waals surface area contributed by atoms with E-state index in [9.17, 15) is 14.9 Å². The van der Waals surface area contributed by atoms with Crippen LogP contribution in [-0.2, 0) is 0 Å². The molecule has 3 rings (SSSR count). The Labute approximate surface area is 115 Å². The van der Waals surface area contributed by atoms with Crippen molar-refractivity contribution in [1.82, 2.24) is 0 Å². The van der Waals surface area contributed by atoms with E-state index in [1.54, 1.807) is 25.1 Å². The molecule has 0 bridgehead atoms. The van der Waals surface area contributed by atoms with Crippen molar-refractivity contribution in [3.63, 3.8) is 0 Å². The molecule has 0 unspecified atom stereocenters. The molecule has 5 heteroatoms. The van der Waals surface area contributed by atoms with Crippen LogP contribution in [0.1, 0.15) is 22.8 Å². The molecule has 1 aliphatic rings. The molecule has 1 aliphatic carbocycles. The fraction of sp³-hybridized carbons (Fsp3) is 0.133. The molecule has 0 saturated carbocycles. The first-order valence-corrected chi connectivity index (χ1v) is 6.22. The number of rotatable bonds is 3. The van der Waals surface area contributed by atoms with Gasteiger partial charge in [0.05, 0.1) is 11.5 Å². The van der Waals surface area contributed by atoms with E-state index in [4.69, 9.17) is 4.74 Å². The first-order chi connectivity index (χ1) is 9.63. The zero-order valence-corrected chi connectivity index (χ0v) is 10.8. The summed E-state index contributed by atoms with van der Waals surface area (Å²) in [6, 6.07) is 10.1. The number of hydrogen-bond acceptors (Lipinski definition) is 4. The van der Waals surface area contributed by atoms with E-state index in [-0.39, 0.29) is 17.2 Å². The summed E-state index contributed by atoms with van der Waals surface area (Å²) in [6.45, 7) is 2.09. The van der Waals surface area contributed by atoms with Crippen LogP contribution >= 0.6 is 0 Å². The lowest BCUT2D eigenvalue weighted by Gasteiger charge is -2.07. The van der Waals surface area contributed by atoms with Crippen LogP contribution in [0.25, 0.3) is 11.1 Å². The third-order valence-electron chi connectivity index (χ3n) is 3.30. The van der Waals surface area contributed by atoms with Crippen LogP contribution in [0.5, 0.6) is 5.75 Å². The molecule has 0 heterocycles. The molecule has 2 aromatic rings. The summed E-state index contributed by atoms with van der Waals surface area (Å²) in [4.78, 5) is 22.8. The molecule has 0 saturated heterocycles. The highest BCUT2D eigenvalue weighted by Crippen LogP contribution is 2.42. The second kappa shape index (κ2) is 4.45. The smallest absolute Gasteiger partial charge is 0.311 e. The van der Waals surface area contributed by atoms with Crippen LogP contribution in [0.4, 0.5) is 5.69 Å². The van der Waals surface area contributed by atoms with Crippen molar-refractivity contribution in [3.05, 3.63) is 57.6 Å². The van der Waals surface area contributed by atoms with Crippen molar-refractivity contribution in [2.75, 3.05) is 6.61 Å². The van der Waals surface area contributed by atoms with Gasteiger partial charge >= 0.3 is 5.69 Å². The van der Waals surface area contributed by atoms with Gasteiger partial charge in [-0.15, -0.1) is 0 Å². The molecule has 20 heavy (non-hydrogen) atoms. The minimum absolute atomic E-state index is 0.174. The molecule has 0 amide bonds. The van der Waals surface area contributed by atoms with E-state index in [2.05, 4.69) is 0 Å². The minimum Gasteiger partial charge on any atom is -0.487 e. The first kappa shape index (κ1) is 12.3. The lowest BCUT2D eigenvalue weighted by Crippen LogP contribution is -2.01. The number of hydrogen-bond donors (Lipinski definition) is 0. The number of ether oxygens (including phenoxy) is 1. The summed E-state index contributed by atoms with van der Waals surface area (Å²) in [6.07, 6.45) is 0. The zero-order valence-electron chi connectivity index (χ0n) is 10.8. The monoisotopic (exact) mass is 269 g/mol. The van der Waals surface area contributed by atoms with Gasteiger partial charge in [-0.2, -0.15) is 0 Å². The molecule has 0 aliphatic heterocycles. The van der Waals surface area contributed by atoms with Gasteiger partial charge in [0.1, 0.15) is 0 Å². The standard InChI is InChI=1S/C15H11NO4/c1-2-20-14-8-11-9-5-3-4-6-10(9)15(17)12(11)7-13(14)16(18)19/h3-8H,2H2,1H3. The maximum atomic E-state index is 12.3. The minimum atomic E-state index is -0.526. The molecule has 0 aromatic heterocycles. The summed E-state index contributed by atoms with van der Waals surface area (Å²) in [5.41, 5.74) is 2.25. The van der Waals surface area contributed by atoms with Crippen LogP contribution in [-0.4, -0.2) is 17.3 Å². The molecule has 2 aromatic carbocycles. The number of carbonyl (C=O) groups excluding carboxylic acids is 1. The maximum Gasteiger partial charge on any atom is 0.311 e. The predicted octanol–water partition coefficient (Wildman–Crippen LogP) is 3.20. The fourth-order valence-corrected chi connectivity index (χ4v) is 2.45. The Morgan fingerprint density at radius 3 is 2.45 bits per heavy atom. The van der Waals surface area contributed by atoms with E-state index in [1.807, 2.05) is 12.1 Å². The van der Waals surface area contributed by atoms with Gasteiger partial charge in [0.2, 0.25) is 0 Å². The van der Waals surface area contributed by atoms with E-state index < -0.39 is 4.92 Å². The van der Waals surface area contributed by atoms with Crippen molar-refractivity contribution in [2.45, 2.75) is 6.92 Å². The number of fused-ring (bicyclic) bond motifs is 3. The fourth-order valence-electron chi connectivity index (χ4n) is 2.45. The van der Waals surface area contributed by atoms with Crippen LogP contribution in [0.2, 0.25) is 0 Å². The van der Waals surface area contributed by atoms with E-state index in [0.717, 1.165) is 5.56 Å². The predicted molar refractivity (Wildman–Crippen MR) is 73.1 cm³/mol. The second-order valence-electron chi connectivity index (χ2n) is 4.43. The van der Waals surface area contributed by atoms with Crippen molar-refractivity contribution in [3.8, 4) is 16.9 Å². The van der Waals surface area contributed by atoms with Gasteiger partial charge in [-0.3, -0.25) is 14.9 Å². The normalized spacial score (nSPS) is 11.9. The molecule has 0 atom stereocenters. The Bertz CT molecular complexity index is 737. The summed E-state index contributed by atoms with van der Waals surface area (Å²) >= 11 is 0. The van der Waals surface area contributed by atoms with Crippen LogP contribution in [0.15, 0.2) is 36.4 Å². The Kier molecular flexibility index (Phi) is 2.75. The number of nitro groups is 1. The molecule has 0 radical (unpaired) electrons. The SMILES string of the molecule is CCOc1cc2c(cc1[N+](=O)[O-])C(=O)c1ccccc1-2. The number of carbonyl (C=O) groups is 1. The molecule has 100 valence electrons. The average molecular weight is 269 g/mol. The van der Waals surface area contributed by atoms with Crippen LogP contribution < -0.4 is 4.74 Å². The molecule has 0 spiro atoms. The summed E-state index contributed by atoms with van der Waals surface area (Å²) in [5, 5.41) is 11.1. The number of benzene rings is 2. The summed E-state index contributed by atoms with van der Waals surface area (Å²) in [7, 11) is 0. The van der Waals surface area contributed by atoms with E-state index in [1.165, 1.54) is 6.07 Å². The Morgan fingerprint density at radius 2 is 1.80 bits per heavy atom. The van der Waals surface area contributed by atoms with Gasteiger partial charge in [0.15, 0.2) is 11.5 Å². The van der Waals surface area contributed by atoms with Crippen LogP contribution in [0, 0.1) is 10.1 Å². The number of nitrogens with zero attached hydrogens (tertiary/aromatic N) is 1. The van der Waals surface area contributed by atoms with E-state index >= 15 is 0 Å². The van der Waals surface area contributed by atoms with Gasteiger partial charge < -0.3 is 4.74 Å². The molecular weight excluding hydrogens is 258 g/mol. The number of nitro benzene ring substituents is 1. The summed E-state index contributed by atoms with van der Waals surface area (Å²) in [5.74, 6) is 0.0162. The second-order valence-corrected chi connectivity index (χ2v) is 4.43. The van der Waals surface area contributed by atoms with Gasteiger partial charge in [0, 0.05) is 17.2 Å². The quantitative estimate of drug-likeness (QED) is 0.540. The topological polar surface area (TPSA) is 69.4 Å². The third-order valence-corrected chi connectivity index (χ3v) is 3.30. The highest BCUT2D eigenvalue weighted by atomic mass is 16.6. The van der Waals surface area contributed by atoms with Crippen molar-refractivity contribution >= 4 is 11.5 Å². The highest BCUT2D eigenvalue weighted by molar-refractivity contribution is 6.22. The molecular formula is C15H11NO4. The maximum absolute atomic E-state index is 12.3. The van der Waals surface area contributed by atoms with Gasteiger partial charge in [-0.25, -0.2) is 0 Å². The highest BCUT2D eigenvalue weighted by Gasteiger charge is 2.30. The third kappa shape index (κ3) is 1.67. The number of ketones is 1. The largest absolute Gasteiger partial charge is 0.487 e. The zero-order chi connectivity index (χ0) is 14.3. The Balaban J connectivity index is 2.27. The lowest BCUT2D eigenvalue weighted by molar-refractivity contribution is -0.385. The molecule has 5 nitrogen and oxygen atoms in total. The molecule has 0 N–H and O–H groups in total. The van der Waals surface area contributed by atoms with Crippen molar-refractivity contribution < 1.29 is 14.5 Å². The Hall–Kier alpha value is -2.69. The van der Waals surface area contributed by atoms with Crippen molar-refractivity contribution in [2.24, 2.45) is 0 Å². The first-order valence-electron chi connectivity index (χ1n) is 6.22. The van der Waals surface area contributed by atoms with E-state index in [0.29, 0.717) is 23.3 Å². The average Bonchev–Trinajstić information content (AvgIpc) is 2.72. The van der Waals surface area contributed by atoms with Crippen LogP contribution in [0.3, 0.4) is 0 Å². The van der Waals surface area contributed by atoms with Gasteiger partial charge in [0.25, 0.3) is 0 Å². The molecule has 0 fully saturated rings. The summed E-state index contributed by atoms with van der Waals surface area (Å²) < 4.78 is 5.32. The Morgan fingerprint density at radius 1 is 1.10 bits per heavy atom. The van der Waals surface area contributed by atoms with Gasteiger partial charge in [-0.05, 0) is 24.1 Å².